The van der Waals surface area contributed by atoms with Gasteiger partial charge in [-0.3, -0.25) is 14.9 Å². The van der Waals surface area contributed by atoms with E-state index in [2.05, 4.69) is 10.2 Å². The highest BCUT2D eigenvalue weighted by atomic mass is 32.1. The van der Waals surface area contributed by atoms with Crippen molar-refractivity contribution in [1.29, 1.82) is 0 Å². The van der Waals surface area contributed by atoms with Gasteiger partial charge in [-0.1, -0.05) is 11.3 Å². The molecular formula is C6H4F3N3O3S. The Balaban J connectivity index is 2.66. The van der Waals surface area contributed by atoms with Gasteiger partial charge in [0.2, 0.25) is 5.13 Å². The zero-order valence-electron chi connectivity index (χ0n) is 7.41. The number of hydrogen-bond donors (Lipinski definition) is 2. The number of rotatable bonds is 3. The summed E-state index contributed by atoms with van der Waals surface area (Å²) >= 11 is 0.571. The number of halogens is 3. The number of carboxylic acids is 1. The van der Waals surface area contributed by atoms with Crippen LogP contribution in [0.3, 0.4) is 0 Å². The molecule has 0 aromatic carbocycles. The zero-order chi connectivity index (χ0) is 12.3. The molecule has 0 saturated carbocycles. The summed E-state index contributed by atoms with van der Waals surface area (Å²) in [5.41, 5.74) is 0. The maximum Gasteiger partial charge on any atom is 0.471 e. The smallest absolute Gasteiger partial charge is 0.471 e. The Morgan fingerprint density at radius 1 is 1.38 bits per heavy atom. The third-order valence-corrected chi connectivity index (χ3v) is 2.09. The van der Waals surface area contributed by atoms with Crippen molar-refractivity contribution in [3.8, 4) is 0 Å². The molecule has 1 heterocycles. The van der Waals surface area contributed by atoms with Gasteiger partial charge in [0.25, 0.3) is 0 Å². The van der Waals surface area contributed by atoms with Crippen molar-refractivity contribution in [3.05, 3.63) is 5.01 Å². The minimum Gasteiger partial charge on any atom is -0.481 e. The van der Waals surface area contributed by atoms with Crippen molar-refractivity contribution < 1.29 is 27.9 Å². The Morgan fingerprint density at radius 2 is 2.00 bits per heavy atom. The van der Waals surface area contributed by atoms with E-state index in [0.717, 1.165) is 0 Å². The number of aliphatic carboxylic acids is 1. The number of alkyl halides is 3. The fourth-order valence-corrected chi connectivity index (χ4v) is 1.40. The summed E-state index contributed by atoms with van der Waals surface area (Å²) in [6.45, 7) is 0. The fourth-order valence-electron chi connectivity index (χ4n) is 0.673. The van der Waals surface area contributed by atoms with Gasteiger partial charge in [-0.15, -0.1) is 10.2 Å². The van der Waals surface area contributed by atoms with Gasteiger partial charge in [-0.2, -0.15) is 13.2 Å². The fraction of sp³-hybridized carbons (Fsp3) is 0.333. The lowest BCUT2D eigenvalue weighted by molar-refractivity contribution is -0.167. The lowest BCUT2D eigenvalue weighted by Crippen LogP contribution is -2.29. The van der Waals surface area contributed by atoms with Crippen LogP contribution in [0.25, 0.3) is 0 Å². The van der Waals surface area contributed by atoms with Crippen LogP contribution in [0, 0.1) is 0 Å². The van der Waals surface area contributed by atoms with Crippen LogP contribution in [-0.4, -0.2) is 33.4 Å². The summed E-state index contributed by atoms with van der Waals surface area (Å²) in [6.07, 6.45) is -5.47. The molecule has 0 atom stereocenters. The highest BCUT2D eigenvalue weighted by Gasteiger charge is 2.39. The zero-order valence-corrected chi connectivity index (χ0v) is 8.22. The summed E-state index contributed by atoms with van der Waals surface area (Å²) in [6, 6.07) is 0. The number of nitrogens with one attached hydrogen (secondary N) is 1. The second kappa shape index (κ2) is 4.43. The van der Waals surface area contributed by atoms with Gasteiger partial charge in [0, 0.05) is 0 Å². The van der Waals surface area contributed by atoms with E-state index < -0.39 is 29.6 Å². The van der Waals surface area contributed by atoms with E-state index in [1.54, 1.807) is 0 Å². The minimum atomic E-state index is -5.02. The molecule has 0 bridgehead atoms. The molecule has 2 N–H and O–H groups in total. The largest absolute Gasteiger partial charge is 0.481 e. The van der Waals surface area contributed by atoms with Crippen LogP contribution in [0.4, 0.5) is 18.3 Å². The Labute approximate surface area is 90.1 Å². The molecule has 0 aliphatic heterocycles. The maximum atomic E-state index is 11.8. The van der Waals surface area contributed by atoms with Crippen molar-refractivity contribution in [2.75, 3.05) is 5.32 Å². The van der Waals surface area contributed by atoms with Gasteiger partial charge in [-0.25, -0.2) is 0 Å². The molecule has 0 aliphatic rings. The first-order valence-electron chi connectivity index (χ1n) is 3.71. The quantitative estimate of drug-likeness (QED) is 0.827. The SMILES string of the molecule is O=C(O)Cc1nnc(NC(=O)C(F)(F)F)s1. The first-order valence-corrected chi connectivity index (χ1v) is 4.53. The highest BCUT2D eigenvalue weighted by molar-refractivity contribution is 7.15. The molecule has 88 valence electrons. The van der Waals surface area contributed by atoms with E-state index in [1.165, 1.54) is 5.32 Å². The molecule has 1 aromatic heterocycles. The third-order valence-electron chi connectivity index (χ3n) is 1.25. The van der Waals surface area contributed by atoms with Crippen LogP contribution in [0.2, 0.25) is 0 Å². The lowest BCUT2D eigenvalue weighted by atomic mass is 10.5. The first-order chi connectivity index (χ1) is 7.29. The molecule has 1 amide bonds. The number of amides is 1. The summed E-state index contributed by atoms with van der Waals surface area (Å²) in [4.78, 5) is 20.7. The van der Waals surface area contributed by atoms with E-state index >= 15 is 0 Å². The van der Waals surface area contributed by atoms with Crippen molar-refractivity contribution in [2.24, 2.45) is 0 Å². The molecule has 0 radical (unpaired) electrons. The van der Waals surface area contributed by atoms with Crippen molar-refractivity contribution >= 4 is 28.3 Å². The number of hydrogen-bond acceptors (Lipinski definition) is 5. The molecule has 10 heteroatoms. The number of nitrogens with zero attached hydrogens (tertiary/aromatic N) is 2. The molecule has 0 fully saturated rings. The topological polar surface area (TPSA) is 92.2 Å². The van der Waals surface area contributed by atoms with E-state index in [0.29, 0.717) is 11.3 Å². The van der Waals surface area contributed by atoms with E-state index in [4.69, 9.17) is 5.11 Å². The van der Waals surface area contributed by atoms with Crippen molar-refractivity contribution in [3.63, 3.8) is 0 Å². The van der Waals surface area contributed by atoms with Crippen LogP contribution in [-0.2, 0) is 16.0 Å². The summed E-state index contributed by atoms with van der Waals surface area (Å²) in [7, 11) is 0. The Hall–Kier alpha value is -1.71. The molecule has 0 aliphatic carbocycles. The monoisotopic (exact) mass is 255 g/mol. The second-order valence-corrected chi connectivity index (χ2v) is 3.59. The molecule has 6 nitrogen and oxygen atoms in total. The maximum absolute atomic E-state index is 11.8. The Kier molecular flexibility index (Phi) is 3.42. The molecule has 1 rings (SSSR count). The molecule has 16 heavy (non-hydrogen) atoms. The molecular weight excluding hydrogens is 251 g/mol. The average molecular weight is 255 g/mol. The normalized spacial score (nSPS) is 11.2. The predicted octanol–water partition coefficient (Wildman–Crippen LogP) is 0.666. The van der Waals surface area contributed by atoms with Gasteiger partial charge in [-0.05, 0) is 0 Å². The van der Waals surface area contributed by atoms with Gasteiger partial charge in [0.05, 0.1) is 6.42 Å². The van der Waals surface area contributed by atoms with Gasteiger partial charge < -0.3 is 5.11 Å². The molecule has 1 aromatic rings. The van der Waals surface area contributed by atoms with Crippen LogP contribution in [0.5, 0.6) is 0 Å². The number of carbonyl (C=O) groups is 2. The van der Waals surface area contributed by atoms with E-state index in [9.17, 15) is 22.8 Å². The number of carbonyl (C=O) groups excluding carboxylic acids is 1. The van der Waals surface area contributed by atoms with Crippen LogP contribution in [0.1, 0.15) is 5.01 Å². The summed E-state index contributed by atoms with van der Waals surface area (Å²) < 4.78 is 35.4. The predicted molar refractivity (Wildman–Crippen MR) is 45.9 cm³/mol. The van der Waals surface area contributed by atoms with Crippen molar-refractivity contribution in [2.45, 2.75) is 12.6 Å². The molecule has 0 spiro atoms. The average Bonchev–Trinajstić information content (AvgIpc) is 2.49. The van der Waals surface area contributed by atoms with Crippen LogP contribution in [0.15, 0.2) is 0 Å². The van der Waals surface area contributed by atoms with E-state index in [1.807, 2.05) is 0 Å². The molecule has 0 unspecified atom stereocenters. The molecule has 0 saturated heterocycles. The summed E-state index contributed by atoms with van der Waals surface area (Å²) in [5, 5.41) is 15.9. The number of aromatic nitrogens is 2. The van der Waals surface area contributed by atoms with Crippen LogP contribution >= 0.6 is 11.3 Å². The van der Waals surface area contributed by atoms with Crippen molar-refractivity contribution in [1.82, 2.24) is 10.2 Å². The minimum absolute atomic E-state index is 0.00461. The third kappa shape index (κ3) is 3.46. The Bertz CT molecular complexity index is 417. The Morgan fingerprint density at radius 3 is 2.50 bits per heavy atom. The highest BCUT2D eigenvalue weighted by Crippen LogP contribution is 2.20. The number of carboxylic acid groups (broad SMARTS) is 1. The number of anilines is 1. The van der Waals surface area contributed by atoms with Gasteiger partial charge >= 0.3 is 18.1 Å². The lowest BCUT2D eigenvalue weighted by Gasteiger charge is -2.03. The van der Waals surface area contributed by atoms with Gasteiger partial charge in [0.1, 0.15) is 5.01 Å². The summed E-state index contributed by atoms with van der Waals surface area (Å²) in [5.74, 6) is -3.37. The first kappa shape index (κ1) is 12.4. The van der Waals surface area contributed by atoms with E-state index in [-0.39, 0.29) is 5.01 Å². The van der Waals surface area contributed by atoms with Crippen LogP contribution < -0.4 is 5.32 Å². The van der Waals surface area contributed by atoms with Gasteiger partial charge in [0.15, 0.2) is 0 Å². The standard InChI is InChI=1S/C6H4F3N3O3S/c7-6(8,9)4(15)10-5-12-11-2(16-5)1-3(13)14/h1H2,(H,13,14)(H,10,12,15). The second-order valence-electron chi connectivity index (χ2n) is 2.52.